The van der Waals surface area contributed by atoms with Crippen LogP contribution in [0.5, 0.6) is 0 Å². The van der Waals surface area contributed by atoms with Crippen LogP contribution in [0.2, 0.25) is 5.02 Å². The van der Waals surface area contributed by atoms with Gasteiger partial charge in [0.2, 0.25) is 0 Å². The van der Waals surface area contributed by atoms with Crippen molar-refractivity contribution < 1.29 is 14.3 Å². The summed E-state index contributed by atoms with van der Waals surface area (Å²) in [5, 5.41) is 11.2. The number of hydrogen-bond acceptors (Lipinski definition) is 6. The van der Waals surface area contributed by atoms with Crippen LogP contribution in [0, 0.1) is 12.3 Å². The average Bonchev–Trinajstić information content (AvgIpc) is 3.19. The molecular formula is C32H41ClN6O3. The number of nitrogens with one attached hydrogen (secondary N) is 2. The van der Waals surface area contributed by atoms with E-state index in [1.165, 1.54) is 0 Å². The number of ether oxygens (including phenoxy) is 1. The first kappa shape index (κ1) is 29.9. The summed E-state index contributed by atoms with van der Waals surface area (Å²) in [7, 11) is 1.86. The molecule has 2 amide bonds. The van der Waals surface area contributed by atoms with E-state index < -0.39 is 6.09 Å². The molecule has 2 aromatic carbocycles. The molecule has 224 valence electrons. The molecule has 0 bridgehead atoms. The van der Waals surface area contributed by atoms with Gasteiger partial charge in [0.05, 0.1) is 24.1 Å². The van der Waals surface area contributed by atoms with Gasteiger partial charge in [0.1, 0.15) is 11.9 Å². The first-order chi connectivity index (χ1) is 20.0. The molecule has 5 rings (SSSR count). The Bertz CT molecular complexity index is 1450. The van der Waals surface area contributed by atoms with Crippen LogP contribution in [0.1, 0.15) is 67.1 Å². The van der Waals surface area contributed by atoms with Crippen molar-refractivity contribution in [3.05, 3.63) is 69.9 Å². The summed E-state index contributed by atoms with van der Waals surface area (Å²) in [5.41, 5.74) is 5.12. The lowest BCUT2D eigenvalue weighted by Gasteiger charge is -2.33. The molecule has 0 aliphatic carbocycles. The Morgan fingerprint density at radius 2 is 1.90 bits per heavy atom. The summed E-state index contributed by atoms with van der Waals surface area (Å²) >= 11 is 6.28. The third-order valence-electron chi connectivity index (χ3n) is 8.09. The number of aromatic nitrogens is 2. The smallest absolute Gasteiger partial charge is 0.407 e. The minimum Gasteiger partial charge on any atom is -0.446 e. The van der Waals surface area contributed by atoms with Gasteiger partial charge in [-0.1, -0.05) is 38.4 Å². The minimum atomic E-state index is -0.401. The number of fused-ring (bicyclic) bond motifs is 2. The molecule has 0 spiro atoms. The fourth-order valence-electron chi connectivity index (χ4n) is 5.46. The van der Waals surface area contributed by atoms with E-state index in [4.69, 9.17) is 16.3 Å². The van der Waals surface area contributed by atoms with Crippen molar-refractivity contribution in [2.75, 3.05) is 29.9 Å². The molecule has 10 heteroatoms. The van der Waals surface area contributed by atoms with Crippen molar-refractivity contribution >= 4 is 40.8 Å². The van der Waals surface area contributed by atoms with Gasteiger partial charge < -0.3 is 25.2 Å². The van der Waals surface area contributed by atoms with Crippen molar-refractivity contribution in [1.29, 1.82) is 0 Å². The molecule has 1 fully saturated rings. The molecule has 0 atom stereocenters. The summed E-state index contributed by atoms with van der Waals surface area (Å²) in [6.07, 6.45) is 4.18. The molecular weight excluding hydrogens is 552 g/mol. The van der Waals surface area contributed by atoms with Gasteiger partial charge in [-0.3, -0.25) is 9.48 Å². The maximum absolute atomic E-state index is 13.8. The lowest BCUT2D eigenvalue weighted by Crippen LogP contribution is -2.40. The predicted octanol–water partition coefficient (Wildman–Crippen LogP) is 6.41. The zero-order valence-corrected chi connectivity index (χ0v) is 25.9. The number of likely N-dealkylation sites (tertiary alicyclic amines) is 1. The lowest BCUT2D eigenvalue weighted by atomic mass is 9.91. The SMILES string of the molecule is Cc1cc(C(=O)N2Cc3cnn(C)c3Nc3cc(Cl)ccc32)ccc1CNC(=O)OC1CCN(CCC(C)(C)C)CC1. The number of benzene rings is 2. The van der Waals surface area contributed by atoms with E-state index in [1.54, 1.807) is 21.8 Å². The highest BCUT2D eigenvalue weighted by molar-refractivity contribution is 6.31. The number of halogens is 1. The minimum absolute atomic E-state index is 0.0572. The van der Waals surface area contributed by atoms with E-state index in [0.717, 1.165) is 72.8 Å². The van der Waals surface area contributed by atoms with E-state index in [0.29, 0.717) is 29.1 Å². The Hall–Kier alpha value is -3.56. The lowest BCUT2D eigenvalue weighted by molar-refractivity contribution is 0.0479. The van der Waals surface area contributed by atoms with Gasteiger partial charge in [0.15, 0.2) is 0 Å². The van der Waals surface area contributed by atoms with Crippen molar-refractivity contribution in [2.24, 2.45) is 12.5 Å². The predicted molar refractivity (Wildman–Crippen MR) is 166 cm³/mol. The van der Waals surface area contributed by atoms with E-state index >= 15 is 0 Å². The van der Waals surface area contributed by atoms with Crippen molar-refractivity contribution in [3.63, 3.8) is 0 Å². The average molecular weight is 593 g/mol. The van der Waals surface area contributed by atoms with Crippen LogP contribution < -0.4 is 15.5 Å². The zero-order chi connectivity index (χ0) is 30.0. The molecule has 42 heavy (non-hydrogen) atoms. The van der Waals surface area contributed by atoms with E-state index in [9.17, 15) is 9.59 Å². The van der Waals surface area contributed by atoms with Crippen LogP contribution in [0.4, 0.5) is 22.0 Å². The summed E-state index contributed by atoms with van der Waals surface area (Å²) in [5.74, 6) is 0.692. The Morgan fingerprint density at radius 3 is 2.62 bits per heavy atom. The zero-order valence-electron chi connectivity index (χ0n) is 25.2. The van der Waals surface area contributed by atoms with E-state index in [2.05, 4.69) is 41.4 Å². The van der Waals surface area contributed by atoms with Crippen molar-refractivity contribution in [2.45, 2.75) is 66.2 Å². The number of alkyl carbamates (subject to hydrolysis) is 1. The fourth-order valence-corrected chi connectivity index (χ4v) is 5.63. The molecule has 9 nitrogen and oxygen atoms in total. The molecule has 0 unspecified atom stereocenters. The standard InChI is InChI=1S/C32H41ClN6O3/c1-21-16-22(30(40)39-20-24-19-35-37(5)29(24)36-27-17-25(33)8-9-28(27)39)6-7-23(21)18-34-31(41)42-26-10-13-38(14-11-26)15-12-32(2,3)4/h6-9,16-17,19,26,36H,10-15,18,20H2,1-5H3,(H,34,41). The number of amides is 2. The number of carbonyl (C=O) groups excluding carboxylic acids is 2. The quantitative estimate of drug-likeness (QED) is 0.343. The highest BCUT2D eigenvalue weighted by Gasteiger charge is 2.28. The number of carbonyl (C=O) groups is 2. The van der Waals surface area contributed by atoms with Gasteiger partial charge in [0.25, 0.3) is 5.91 Å². The van der Waals surface area contributed by atoms with Gasteiger partial charge in [0, 0.05) is 42.8 Å². The number of aryl methyl sites for hydroxylation is 2. The third-order valence-corrected chi connectivity index (χ3v) is 8.32. The Labute approximate surface area is 253 Å². The normalized spacial score (nSPS) is 15.8. The molecule has 3 heterocycles. The van der Waals surface area contributed by atoms with Crippen LogP contribution in [-0.2, 0) is 24.9 Å². The largest absolute Gasteiger partial charge is 0.446 e. The molecule has 1 aromatic heterocycles. The highest BCUT2D eigenvalue weighted by atomic mass is 35.5. The van der Waals surface area contributed by atoms with Crippen LogP contribution in [0.15, 0.2) is 42.6 Å². The fraction of sp³-hybridized carbons (Fsp3) is 0.469. The number of anilines is 3. The second-order valence-corrected chi connectivity index (χ2v) is 13.0. The number of rotatable bonds is 6. The number of nitrogens with zero attached hydrogens (tertiary/aromatic N) is 4. The molecule has 2 aliphatic rings. The van der Waals surface area contributed by atoms with Gasteiger partial charge in [-0.15, -0.1) is 0 Å². The van der Waals surface area contributed by atoms with Gasteiger partial charge in [-0.25, -0.2) is 4.79 Å². The molecule has 2 aliphatic heterocycles. The molecule has 1 saturated heterocycles. The second kappa shape index (κ2) is 12.4. The van der Waals surface area contributed by atoms with Crippen molar-refractivity contribution in [1.82, 2.24) is 20.0 Å². The van der Waals surface area contributed by atoms with E-state index in [1.807, 2.05) is 44.3 Å². The van der Waals surface area contributed by atoms with Gasteiger partial charge in [-0.05, 0) is 79.6 Å². The highest BCUT2D eigenvalue weighted by Crippen LogP contribution is 2.38. The monoisotopic (exact) mass is 592 g/mol. The van der Waals surface area contributed by atoms with Crippen LogP contribution in [-0.4, -0.2) is 52.4 Å². The van der Waals surface area contributed by atoms with Crippen LogP contribution >= 0.6 is 11.6 Å². The molecule has 0 radical (unpaired) electrons. The first-order valence-corrected chi connectivity index (χ1v) is 15.0. The number of hydrogen-bond donors (Lipinski definition) is 2. The second-order valence-electron chi connectivity index (χ2n) is 12.6. The summed E-state index contributed by atoms with van der Waals surface area (Å²) < 4.78 is 7.46. The maximum Gasteiger partial charge on any atom is 0.407 e. The maximum atomic E-state index is 13.8. The van der Waals surface area contributed by atoms with Gasteiger partial charge >= 0.3 is 6.09 Å². The third kappa shape index (κ3) is 7.07. The van der Waals surface area contributed by atoms with Crippen molar-refractivity contribution in [3.8, 4) is 0 Å². The van der Waals surface area contributed by atoms with Gasteiger partial charge in [-0.2, -0.15) is 5.10 Å². The molecule has 2 N–H and O–H groups in total. The van der Waals surface area contributed by atoms with Crippen LogP contribution in [0.3, 0.4) is 0 Å². The first-order valence-electron chi connectivity index (χ1n) is 14.6. The molecule has 3 aromatic rings. The summed E-state index contributed by atoms with van der Waals surface area (Å²) in [6.45, 7) is 12.4. The Balaban J connectivity index is 1.19. The van der Waals surface area contributed by atoms with E-state index in [-0.39, 0.29) is 12.0 Å². The molecule has 0 saturated carbocycles. The summed E-state index contributed by atoms with van der Waals surface area (Å²) in [6, 6.07) is 11.0. The Kier molecular flexibility index (Phi) is 8.80. The Morgan fingerprint density at radius 1 is 1.14 bits per heavy atom. The van der Waals surface area contributed by atoms with Crippen LogP contribution in [0.25, 0.3) is 0 Å². The topological polar surface area (TPSA) is 91.7 Å². The number of piperidine rings is 1. The summed E-state index contributed by atoms with van der Waals surface area (Å²) in [4.78, 5) is 30.6.